The molecule has 12 heteroatoms. The molecule has 0 radical (unpaired) electrons. The minimum Gasteiger partial charge on any atom is -0.379 e. The van der Waals surface area contributed by atoms with E-state index >= 15 is 0 Å². The molecule has 2 amide bonds. The standard InChI is InChI=1S/C20H22ClFN4O5S/c21-17-6-5-16(11-18(17)32(29,30)26-7-9-31-10-8-26)23-12-19(27)24-13-20(28)25-15-3-1-14(22)2-4-15/h1-6,11,23H,7-10,12-13H2,(H,24,27)(H,25,28). The van der Waals surface area contributed by atoms with E-state index in [9.17, 15) is 22.4 Å². The van der Waals surface area contributed by atoms with Gasteiger partial charge >= 0.3 is 0 Å². The lowest BCUT2D eigenvalue weighted by Gasteiger charge is -2.26. The minimum absolute atomic E-state index is 0.0647. The van der Waals surface area contributed by atoms with Crippen molar-refractivity contribution in [2.45, 2.75) is 4.90 Å². The molecule has 2 aromatic carbocycles. The number of nitrogens with one attached hydrogen (secondary N) is 3. The molecule has 3 rings (SSSR count). The van der Waals surface area contributed by atoms with Gasteiger partial charge in [-0.1, -0.05) is 11.6 Å². The average Bonchev–Trinajstić information content (AvgIpc) is 2.79. The highest BCUT2D eigenvalue weighted by atomic mass is 35.5. The number of morpholine rings is 1. The number of hydrogen-bond donors (Lipinski definition) is 3. The molecule has 1 heterocycles. The first-order valence-corrected chi connectivity index (χ1v) is 11.5. The first-order chi connectivity index (χ1) is 15.3. The summed E-state index contributed by atoms with van der Waals surface area (Å²) in [7, 11) is -3.80. The van der Waals surface area contributed by atoms with E-state index in [1.54, 1.807) is 6.07 Å². The number of sulfonamides is 1. The van der Waals surface area contributed by atoms with E-state index in [-0.39, 0.29) is 36.1 Å². The summed E-state index contributed by atoms with van der Waals surface area (Å²) in [5.74, 6) is -1.38. The second kappa shape index (κ2) is 10.7. The molecule has 1 aliphatic rings. The number of nitrogens with zero attached hydrogens (tertiary/aromatic N) is 1. The molecule has 1 saturated heterocycles. The van der Waals surface area contributed by atoms with Crippen molar-refractivity contribution in [2.24, 2.45) is 0 Å². The van der Waals surface area contributed by atoms with Gasteiger partial charge in [0.15, 0.2) is 0 Å². The van der Waals surface area contributed by atoms with Gasteiger partial charge in [-0.2, -0.15) is 4.31 Å². The van der Waals surface area contributed by atoms with Crippen LogP contribution in [-0.2, 0) is 24.3 Å². The Hall–Kier alpha value is -2.73. The van der Waals surface area contributed by atoms with Gasteiger partial charge in [-0.05, 0) is 42.5 Å². The second-order valence-corrected chi connectivity index (χ2v) is 9.16. The molecule has 0 aromatic heterocycles. The SMILES string of the molecule is O=C(CNc1ccc(Cl)c(S(=O)(=O)N2CCOCC2)c1)NCC(=O)Nc1ccc(F)cc1. The molecule has 1 aliphatic heterocycles. The molecule has 0 aliphatic carbocycles. The predicted octanol–water partition coefficient (Wildman–Crippen LogP) is 1.67. The molecule has 3 N–H and O–H groups in total. The highest BCUT2D eigenvalue weighted by Gasteiger charge is 2.28. The maximum Gasteiger partial charge on any atom is 0.244 e. The molecule has 1 fully saturated rings. The van der Waals surface area contributed by atoms with Crippen molar-refractivity contribution in [2.75, 3.05) is 50.0 Å². The van der Waals surface area contributed by atoms with E-state index in [1.807, 2.05) is 0 Å². The van der Waals surface area contributed by atoms with Crippen LogP contribution in [0.1, 0.15) is 0 Å². The van der Waals surface area contributed by atoms with Gasteiger partial charge in [0, 0.05) is 24.5 Å². The van der Waals surface area contributed by atoms with Gasteiger partial charge < -0.3 is 20.7 Å². The average molecular weight is 485 g/mol. The van der Waals surface area contributed by atoms with E-state index in [2.05, 4.69) is 16.0 Å². The van der Waals surface area contributed by atoms with Crippen LogP contribution in [0.4, 0.5) is 15.8 Å². The third kappa shape index (κ3) is 6.39. The fraction of sp³-hybridized carbons (Fsp3) is 0.300. The third-order valence-corrected chi connectivity index (χ3v) is 6.93. The minimum atomic E-state index is -3.80. The van der Waals surface area contributed by atoms with Gasteiger partial charge in [-0.3, -0.25) is 9.59 Å². The molecular weight excluding hydrogens is 463 g/mol. The number of carbonyl (C=O) groups excluding carboxylic acids is 2. The number of amides is 2. The summed E-state index contributed by atoms with van der Waals surface area (Å²) in [5.41, 5.74) is 0.783. The lowest BCUT2D eigenvalue weighted by atomic mass is 10.3. The first kappa shape index (κ1) is 23.9. The normalized spacial score (nSPS) is 14.6. The Balaban J connectivity index is 1.52. The second-order valence-electron chi connectivity index (χ2n) is 6.85. The Morgan fingerprint density at radius 3 is 2.34 bits per heavy atom. The molecular formula is C20H22ClFN4O5S. The number of carbonyl (C=O) groups is 2. The number of halogens is 2. The lowest BCUT2D eigenvalue weighted by Crippen LogP contribution is -2.40. The Bertz CT molecular complexity index is 1080. The molecule has 0 spiro atoms. The summed E-state index contributed by atoms with van der Waals surface area (Å²) in [5, 5.41) is 7.85. The summed E-state index contributed by atoms with van der Waals surface area (Å²) < 4.78 is 45.1. The van der Waals surface area contributed by atoms with Crippen molar-refractivity contribution in [3.05, 3.63) is 53.3 Å². The van der Waals surface area contributed by atoms with Crippen LogP contribution in [0.3, 0.4) is 0 Å². The molecule has 0 saturated carbocycles. The number of anilines is 2. The van der Waals surface area contributed by atoms with Crippen LogP contribution in [0, 0.1) is 5.82 Å². The number of rotatable bonds is 8. The van der Waals surface area contributed by atoms with Crippen molar-refractivity contribution in [3.63, 3.8) is 0 Å². The molecule has 0 unspecified atom stereocenters. The van der Waals surface area contributed by atoms with Gasteiger partial charge in [-0.15, -0.1) is 0 Å². The van der Waals surface area contributed by atoms with Crippen LogP contribution in [0.2, 0.25) is 5.02 Å². The van der Waals surface area contributed by atoms with Crippen molar-refractivity contribution < 1.29 is 27.1 Å². The summed E-state index contributed by atoms with van der Waals surface area (Å²) in [4.78, 5) is 23.9. The Labute approximate surface area is 189 Å². The Kier molecular flexibility index (Phi) is 8.02. The van der Waals surface area contributed by atoms with Crippen molar-refractivity contribution in [1.82, 2.24) is 9.62 Å². The highest BCUT2D eigenvalue weighted by molar-refractivity contribution is 7.89. The van der Waals surface area contributed by atoms with Crippen LogP contribution in [0.5, 0.6) is 0 Å². The molecule has 0 atom stereocenters. The predicted molar refractivity (Wildman–Crippen MR) is 118 cm³/mol. The largest absolute Gasteiger partial charge is 0.379 e. The quantitative estimate of drug-likeness (QED) is 0.524. The summed E-state index contributed by atoms with van der Waals surface area (Å²) in [6.45, 7) is 0.614. The van der Waals surface area contributed by atoms with Crippen LogP contribution in [0.25, 0.3) is 0 Å². The van der Waals surface area contributed by atoms with Crippen LogP contribution in [0.15, 0.2) is 47.4 Å². The van der Waals surface area contributed by atoms with Gasteiger partial charge in [0.05, 0.1) is 31.3 Å². The maximum absolute atomic E-state index is 12.9. The zero-order valence-electron chi connectivity index (χ0n) is 16.9. The van der Waals surface area contributed by atoms with E-state index < -0.39 is 27.7 Å². The zero-order valence-corrected chi connectivity index (χ0v) is 18.5. The first-order valence-electron chi connectivity index (χ1n) is 9.69. The van der Waals surface area contributed by atoms with Crippen LogP contribution < -0.4 is 16.0 Å². The monoisotopic (exact) mass is 484 g/mol. The van der Waals surface area contributed by atoms with Gasteiger partial charge in [0.1, 0.15) is 10.7 Å². The number of ether oxygens (including phenoxy) is 1. The van der Waals surface area contributed by atoms with Crippen LogP contribution >= 0.6 is 11.6 Å². The fourth-order valence-electron chi connectivity index (χ4n) is 2.90. The molecule has 9 nitrogen and oxygen atoms in total. The number of benzene rings is 2. The summed E-state index contributed by atoms with van der Waals surface area (Å²) >= 11 is 6.11. The highest BCUT2D eigenvalue weighted by Crippen LogP contribution is 2.28. The molecule has 32 heavy (non-hydrogen) atoms. The van der Waals surface area contributed by atoms with Gasteiger partial charge in [-0.25, -0.2) is 12.8 Å². The number of hydrogen-bond acceptors (Lipinski definition) is 6. The van der Waals surface area contributed by atoms with Crippen molar-refractivity contribution in [3.8, 4) is 0 Å². The molecule has 0 bridgehead atoms. The fourth-order valence-corrected chi connectivity index (χ4v) is 4.81. The summed E-state index contributed by atoms with van der Waals surface area (Å²) in [6, 6.07) is 9.57. The lowest BCUT2D eigenvalue weighted by molar-refractivity contribution is -0.122. The van der Waals surface area contributed by atoms with E-state index in [0.717, 1.165) is 0 Å². The molecule has 2 aromatic rings. The van der Waals surface area contributed by atoms with E-state index in [0.29, 0.717) is 24.6 Å². The van der Waals surface area contributed by atoms with E-state index in [4.69, 9.17) is 16.3 Å². The van der Waals surface area contributed by atoms with E-state index in [1.165, 1.54) is 40.7 Å². The smallest absolute Gasteiger partial charge is 0.244 e. The molecule has 172 valence electrons. The zero-order chi connectivity index (χ0) is 23.1. The Morgan fingerprint density at radius 1 is 1.00 bits per heavy atom. The van der Waals surface area contributed by atoms with Crippen molar-refractivity contribution in [1.29, 1.82) is 0 Å². The Morgan fingerprint density at radius 2 is 1.66 bits per heavy atom. The third-order valence-electron chi connectivity index (χ3n) is 4.55. The van der Waals surface area contributed by atoms with Gasteiger partial charge in [0.25, 0.3) is 0 Å². The topological polar surface area (TPSA) is 117 Å². The van der Waals surface area contributed by atoms with Gasteiger partial charge in [0.2, 0.25) is 21.8 Å². The van der Waals surface area contributed by atoms with Crippen molar-refractivity contribution >= 4 is 44.8 Å². The maximum atomic E-state index is 12.9. The van der Waals surface area contributed by atoms with Crippen LogP contribution in [-0.4, -0.2) is 63.9 Å². The summed E-state index contributed by atoms with van der Waals surface area (Å²) in [6.07, 6.45) is 0.